The number of nitrogens with two attached hydrogens (primary N) is 1. The second-order valence-corrected chi connectivity index (χ2v) is 4.20. The molecule has 3 heteroatoms. The lowest BCUT2D eigenvalue weighted by molar-refractivity contribution is 0.898. The molecule has 0 radical (unpaired) electrons. The monoisotopic (exact) mass is 276 g/mol. The van der Waals surface area contributed by atoms with Gasteiger partial charge in [-0.2, -0.15) is 0 Å². The van der Waals surface area contributed by atoms with Crippen LogP contribution >= 0.6 is 22.6 Å². The van der Waals surface area contributed by atoms with Crippen molar-refractivity contribution in [2.24, 2.45) is 0 Å². The topological polar surface area (TPSA) is 38.0 Å². The number of hydrogen-bond acceptors (Lipinski definition) is 2. The molecule has 0 bridgehead atoms. The molecule has 1 rings (SSSR count). The van der Waals surface area contributed by atoms with Crippen LogP contribution in [0.5, 0.6) is 0 Å². The van der Waals surface area contributed by atoms with Crippen LogP contribution in [0.4, 0.5) is 11.4 Å². The van der Waals surface area contributed by atoms with E-state index >= 15 is 0 Å². The first-order valence-corrected chi connectivity index (χ1v) is 4.99. The predicted octanol–water partition coefficient (Wildman–Crippen LogP) is 2.69. The molecule has 0 amide bonds. The van der Waals surface area contributed by atoms with Crippen LogP contribution in [-0.4, -0.2) is 6.04 Å². The van der Waals surface area contributed by atoms with Gasteiger partial charge in [0.25, 0.3) is 0 Å². The van der Waals surface area contributed by atoms with Crippen molar-refractivity contribution in [3.8, 4) is 0 Å². The minimum Gasteiger partial charge on any atom is -0.399 e. The van der Waals surface area contributed by atoms with Crippen molar-refractivity contribution in [1.82, 2.24) is 0 Å². The van der Waals surface area contributed by atoms with E-state index in [2.05, 4.69) is 41.8 Å². The van der Waals surface area contributed by atoms with E-state index in [1.165, 1.54) is 3.57 Å². The molecular formula is C9H13IN2. The Morgan fingerprint density at radius 2 is 2.08 bits per heavy atom. The molecule has 0 fully saturated rings. The van der Waals surface area contributed by atoms with Gasteiger partial charge >= 0.3 is 0 Å². The van der Waals surface area contributed by atoms with E-state index in [1.807, 2.05) is 18.2 Å². The molecule has 3 N–H and O–H groups in total. The zero-order valence-corrected chi connectivity index (χ0v) is 9.42. The second-order valence-electron chi connectivity index (χ2n) is 3.04. The normalized spacial score (nSPS) is 10.3. The number of anilines is 2. The average molecular weight is 276 g/mol. The van der Waals surface area contributed by atoms with E-state index in [1.54, 1.807) is 0 Å². The maximum atomic E-state index is 5.63. The third-order valence-electron chi connectivity index (χ3n) is 1.44. The fourth-order valence-electron chi connectivity index (χ4n) is 0.959. The van der Waals surface area contributed by atoms with Crippen molar-refractivity contribution < 1.29 is 0 Å². The molecule has 12 heavy (non-hydrogen) atoms. The van der Waals surface area contributed by atoms with E-state index in [9.17, 15) is 0 Å². The quantitative estimate of drug-likeness (QED) is 0.643. The lowest BCUT2D eigenvalue weighted by Crippen LogP contribution is -2.10. The average Bonchev–Trinajstić information content (AvgIpc) is 1.94. The van der Waals surface area contributed by atoms with E-state index < -0.39 is 0 Å². The zero-order valence-electron chi connectivity index (χ0n) is 7.26. The van der Waals surface area contributed by atoms with Gasteiger partial charge in [0.1, 0.15) is 0 Å². The van der Waals surface area contributed by atoms with Crippen LogP contribution in [-0.2, 0) is 0 Å². The fraction of sp³-hybridized carbons (Fsp3) is 0.333. The van der Waals surface area contributed by atoms with Crippen LogP contribution < -0.4 is 11.1 Å². The Hall–Kier alpha value is -0.450. The van der Waals surface area contributed by atoms with Crippen molar-refractivity contribution >= 4 is 34.0 Å². The summed E-state index contributed by atoms with van der Waals surface area (Å²) in [4.78, 5) is 0. The fourth-order valence-corrected chi connectivity index (χ4v) is 1.65. The first kappa shape index (κ1) is 9.64. The predicted molar refractivity (Wildman–Crippen MR) is 62.3 cm³/mol. The molecule has 1 aromatic carbocycles. The van der Waals surface area contributed by atoms with Crippen molar-refractivity contribution in [2.45, 2.75) is 19.9 Å². The molecule has 66 valence electrons. The Balaban J connectivity index is 2.86. The molecule has 0 saturated carbocycles. The van der Waals surface area contributed by atoms with Crippen molar-refractivity contribution in [3.05, 3.63) is 21.8 Å². The minimum absolute atomic E-state index is 0.460. The molecule has 1 aromatic rings. The lowest BCUT2D eigenvalue weighted by Gasteiger charge is -2.11. The molecule has 0 heterocycles. The van der Waals surface area contributed by atoms with E-state index in [0.29, 0.717) is 6.04 Å². The number of benzene rings is 1. The van der Waals surface area contributed by atoms with Crippen LogP contribution in [0.15, 0.2) is 18.2 Å². The van der Waals surface area contributed by atoms with Gasteiger partial charge in [0.2, 0.25) is 0 Å². The van der Waals surface area contributed by atoms with Crippen LogP contribution in [0.1, 0.15) is 13.8 Å². The maximum absolute atomic E-state index is 5.63. The highest BCUT2D eigenvalue weighted by Crippen LogP contribution is 2.21. The Kier molecular flexibility index (Phi) is 3.20. The van der Waals surface area contributed by atoms with Gasteiger partial charge in [-0.1, -0.05) is 0 Å². The lowest BCUT2D eigenvalue weighted by atomic mass is 10.2. The molecule has 0 aliphatic rings. The highest BCUT2D eigenvalue weighted by atomic mass is 127. The third kappa shape index (κ3) is 2.55. The number of hydrogen-bond donors (Lipinski definition) is 2. The Morgan fingerprint density at radius 1 is 1.42 bits per heavy atom. The third-order valence-corrected chi connectivity index (χ3v) is 2.33. The van der Waals surface area contributed by atoms with Gasteiger partial charge in [-0.05, 0) is 54.6 Å². The van der Waals surface area contributed by atoms with Gasteiger partial charge in [-0.3, -0.25) is 0 Å². The van der Waals surface area contributed by atoms with E-state index in [-0.39, 0.29) is 0 Å². The number of nitrogens with one attached hydrogen (secondary N) is 1. The highest BCUT2D eigenvalue weighted by molar-refractivity contribution is 14.1. The van der Waals surface area contributed by atoms with Gasteiger partial charge in [0, 0.05) is 21.0 Å². The first-order valence-electron chi connectivity index (χ1n) is 3.91. The Labute approximate surface area is 86.7 Å². The summed E-state index contributed by atoms with van der Waals surface area (Å²) in [6.45, 7) is 4.23. The highest BCUT2D eigenvalue weighted by Gasteiger charge is 2.00. The second kappa shape index (κ2) is 3.98. The Morgan fingerprint density at radius 3 is 2.58 bits per heavy atom. The largest absolute Gasteiger partial charge is 0.399 e. The first-order chi connectivity index (χ1) is 5.59. The SMILES string of the molecule is CC(C)Nc1ccc(N)cc1I. The molecule has 0 unspecified atom stereocenters. The molecule has 0 saturated heterocycles. The molecular weight excluding hydrogens is 263 g/mol. The van der Waals surface area contributed by atoms with Crippen LogP contribution in [0.25, 0.3) is 0 Å². The van der Waals surface area contributed by atoms with Gasteiger partial charge < -0.3 is 11.1 Å². The summed E-state index contributed by atoms with van der Waals surface area (Å²) >= 11 is 2.28. The van der Waals surface area contributed by atoms with Crippen molar-refractivity contribution in [3.63, 3.8) is 0 Å². The maximum Gasteiger partial charge on any atom is 0.0479 e. The number of halogens is 1. The molecule has 0 spiro atoms. The Bertz CT molecular complexity index is 271. The van der Waals surface area contributed by atoms with E-state index in [0.717, 1.165) is 11.4 Å². The summed E-state index contributed by atoms with van der Waals surface area (Å²) in [5.74, 6) is 0. The minimum atomic E-state index is 0.460. The molecule has 0 aliphatic carbocycles. The number of rotatable bonds is 2. The summed E-state index contributed by atoms with van der Waals surface area (Å²) in [7, 11) is 0. The summed E-state index contributed by atoms with van der Waals surface area (Å²) in [6, 6.07) is 6.34. The van der Waals surface area contributed by atoms with Gasteiger partial charge in [-0.25, -0.2) is 0 Å². The van der Waals surface area contributed by atoms with Crippen LogP contribution in [0.3, 0.4) is 0 Å². The summed E-state index contributed by atoms with van der Waals surface area (Å²) < 4.78 is 1.17. The summed E-state index contributed by atoms with van der Waals surface area (Å²) in [5, 5.41) is 3.34. The number of nitrogen functional groups attached to an aromatic ring is 1. The summed E-state index contributed by atoms with van der Waals surface area (Å²) in [6.07, 6.45) is 0. The standard InChI is InChI=1S/C9H13IN2/c1-6(2)12-9-4-3-7(11)5-8(9)10/h3-6,12H,11H2,1-2H3. The van der Waals surface area contributed by atoms with Crippen LogP contribution in [0.2, 0.25) is 0 Å². The van der Waals surface area contributed by atoms with Gasteiger partial charge in [0.15, 0.2) is 0 Å². The van der Waals surface area contributed by atoms with Gasteiger partial charge in [-0.15, -0.1) is 0 Å². The van der Waals surface area contributed by atoms with Crippen molar-refractivity contribution in [2.75, 3.05) is 11.1 Å². The van der Waals surface area contributed by atoms with Crippen LogP contribution in [0, 0.1) is 3.57 Å². The summed E-state index contributed by atoms with van der Waals surface area (Å²) in [5.41, 5.74) is 7.59. The molecule has 0 atom stereocenters. The smallest absolute Gasteiger partial charge is 0.0479 e. The molecule has 2 nitrogen and oxygen atoms in total. The van der Waals surface area contributed by atoms with Gasteiger partial charge in [0.05, 0.1) is 0 Å². The molecule has 0 aliphatic heterocycles. The molecule has 0 aromatic heterocycles. The van der Waals surface area contributed by atoms with Crippen molar-refractivity contribution in [1.29, 1.82) is 0 Å². The zero-order chi connectivity index (χ0) is 9.14. The van der Waals surface area contributed by atoms with E-state index in [4.69, 9.17) is 5.73 Å².